The smallest absolute Gasteiger partial charge is 0.265 e. The molecular weight excluding hydrogens is 178 g/mol. The van der Waals surface area contributed by atoms with Crippen LogP contribution in [0.15, 0.2) is 0 Å². The molecule has 1 amide bonds. The molecule has 0 spiro atoms. The van der Waals surface area contributed by atoms with Gasteiger partial charge in [0, 0.05) is 13.0 Å². The third-order valence-electron chi connectivity index (χ3n) is 2.09. The van der Waals surface area contributed by atoms with E-state index in [0.29, 0.717) is 13.0 Å². The lowest BCUT2D eigenvalue weighted by atomic mass is 10.1. The van der Waals surface area contributed by atoms with E-state index in [1.807, 2.05) is 0 Å². The highest BCUT2D eigenvalue weighted by atomic mass is 19.3. The van der Waals surface area contributed by atoms with Crippen LogP contribution in [0.4, 0.5) is 8.78 Å². The Morgan fingerprint density at radius 1 is 1.62 bits per heavy atom. The Morgan fingerprint density at radius 3 is 2.69 bits per heavy atom. The lowest BCUT2D eigenvalue weighted by Crippen LogP contribution is -2.50. The summed E-state index contributed by atoms with van der Waals surface area (Å²) in [5.74, 6) is -3.12. The van der Waals surface area contributed by atoms with E-state index < -0.39 is 18.5 Å². The largest absolute Gasteiger partial charge is 0.335 e. The van der Waals surface area contributed by atoms with Gasteiger partial charge in [0.05, 0.1) is 12.6 Å². The van der Waals surface area contributed by atoms with Gasteiger partial charge in [0.25, 0.3) is 5.92 Å². The van der Waals surface area contributed by atoms with Gasteiger partial charge in [0.2, 0.25) is 5.91 Å². The first-order valence-electron chi connectivity index (χ1n) is 4.34. The lowest BCUT2D eigenvalue weighted by molar-refractivity contribution is -0.142. The third-order valence-corrected chi connectivity index (χ3v) is 2.09. The normalized spacial score (nSPS) is 24.2. The summed E-state index contributed by atoms with van der Waals surface area (Å²) in [6.45, 7) is 1.43. The van der Waals surface area contributed by atoms with Crippen molar-refractivity contribution in [1.82, 2.24) is 4.90 Å². The number of carbonyl (C=O) groups excluding carboxylic acids is 1. The number of halogens is 2. The van der Waals surface area contributed by atoms with Crippen LogP contribution in [0.3, 0.4) is 0 Å². The van der Waals surface area contributed by atoms with Gasteiger partial charge in [-0.3, -0.25) is 4.79 Å². The fraction of sp³-hybridized carbons (Fsp3) is 0.875. The minimum Gasteiger partial charge on any atom is -0.335 e. The van der Waals surface area contributed by atoms with Crippen molar-refractivity contribution in [1.29, 1.82) is 0 Å². The number of amides is 1. The van der Waals surface area contributed by atoms with Gasteiger partial charge < -0.3 is 10.6 Å². The van der Waals surface area contributed by atoms with Crippen LogP contribution in [0.1, 0.15) is 19.8 Å². The van der Waals surface area contributed by atoms with Gasteiger partial charge in [-0.25, -0.2) is 8.78 Å². The Morgan fingerprint density at radius 2 is 2.23 bits per heavy atom. The highest BCUT2D eigenvalue weighted by molar-refractivity contribution is 5.81. The Kier molecular flexibility index (Phi) is 2.85. The van der Waals surface area contributed by atoms with E-state index in [9.17, 15) is 13.6 Å². The van der Waals surface area contributed by atoms with Crippen molar-refractivity contribution >= 4 is 5.91 Å². The summed E-state index contributed by atoms with van der Waals surface area (Å²) in [7, 11) is 0. The van der Waals surface area contributed by atoms with Crippen LogP contribution in [-0.2, 0) is 4.79 Å². The van der Waals surface area contributed by atoms with Crippen molar-refractivity contribution in [2.75, 3.05) is 13.1 Å². The van der Waals surface area contributed by atoms with E-state index in [-0.39, 0.29) is 12.3 Å². The van der Waals surface area contributed by atoms with Gasteiger partial charge in [-0.2, -0.15) is 0 Å². The molecule has 1 aliphatic rings. The van der Waals surface area contributed by atoms with E-state index in [0.717, 1.165) is 4.90 Å². The summed E-state index contributed by atoms with van der Waals surface area (Å²) in [6, 6.07) is -0.686. The van der Waals surface area contributed by atoms with Gasteiger partial charge in [-0.1, -0.05) is 0 Å². The molecule has 1 heterocycles. The average Bonchev–Trinajstić information content (AvgIpc) is 2.01. The summed E-state index contributed by atoms with van der Waals surface area (Å²) in [5, 5.41) is 0. The first-order valence-corrected chi connectivity index (χ1v) is 4.34. The maximum atomic E-state index is 12.8. The zero-order valence-electron chi connectivity index (χ0n) is 7.59. The van der Waals surface area contributed by atoms with Gasteiger partial charge in [-0.05, 0) is 13.3 Å². The Bertz CT molecular complexity index is 206. The quantitative estimate of drug-likeness (QED) is 0.661. The third kappa shape index (κ3) is 2.62. The van der Waals surface area contributed by atoms with E-state index in [1.165, 1.54) is 6.92 Å². The van der Waals surface area contributed by atoms with E-state index in [4.69, 9.17) is 5.73 Å². The minimum absolute atomic E-state index is 0.129. The second-order valence-corrected chi connectivity index (χ2v) is 3.51. The van der Waals surface area contributed by atoms with Gasteiger partial charge in [-0.15, -0.1) is 0 Å². The standard InChI is InChI=1S/C8H14F2N2O/c1-6(11)7(13)12-4-2-3-8(9,10)5-12/h6H,2-5,11H2,1H3/t6-/m0/s1. The molecule has 0 unspecified atom stereocenters. The molecule has 2 N–H and O–H groups in total. The number of alkyl halides is 2. The minimum atomic E-state index is -2.73. The summed E-state index contributed by atoms with van der Waals surface area (Å²) in [6.07, 6.45) is 0.223. The molecule has 3 nitrogen and oxygen atoms in total. The number of rotatable bonds is 1. The van der Waals surface area contributed by atoms with Crippen LogP contribution in [0.2, 0.25) is 0 Å². The number of piperidine rings is 1. The zero-order chi connectivity index (χ0) is 10.1. The van der Waals surface area contributed by atoms with Crippen molar-refractivity contribution in [3.05, 3.63) is 0 Å². The Hall–Kier alpha value is -0.710. The van der Waals surface area contributed by atoms with Crippen LogP contribution in [0, 0.1) is 0 Å². The van der Waals surface area contributed by atoms with Crippen LogP contribution in [-0.4, -0.2) is 35.9 Å². The number of hydrogen-bond donors (Lipinski definition) is 1. The Labute approximate surface area is 75.9 Å². The van der Waals surface area contributed by atoms with Crippen molar-refractivity contribution in [3.63, 3.8) is 0 Å². The SMILES string of the molecule is C[C@H](N)C(=O)N1CCCC(F)(F)C1. The average molecular weight is 192 g/mol. The molecular formula is C8H14F2N2O. The second kappa shape index (κ2) is 3.57. The van der Waals surface area contributed by atoms with Crippen molar-refractivity contribution in [2.24, 2.45) is 5.73 Å². The predicted octanol–water partition coefficient (Wildman–Crippen LogP) is 0.591. The zero-order valence-corrected chi connectivity index (χ0v) is 7.59. The fourth-order valence-corrected chi connectivity index (χ4v) is 1.44. The molecule has 13 heavy (non-hydrogen) atoms. The first-order chi connectivity index (χ1) is 5.92. The van der Waals surface area contributed by atoms with Gasteiger partial charge in [0.15, 0.2) is 0 Å². The van der Waals surface area contributed by atoms with Crippen LogP contribution in [0.5, 0.6) is 0 Å². The van der Waals surface area contributed by atoms with Crippen LogP contribution in [0.25, 0.3) is 0 Å². The number of likely N-dealkylation sites (tertiary alicyclic amines) is 1. The molecule has 0 aromatic rings. The molecule has 1 fully saturated rings. The molecule has 0 aliphatic carbocycles. The molecule has 0 bridgehead atoms. The van der Waals surface area contributed by atoms with E-state index in [2.05, 4.69) is 0 Å². The molecule has 0 saturated carbocycles. The molecule has 1 atom stereocenters. The lowest BCUT2D eigenvalue weighted by Gasteiger charge is -2.33. The fourth-order valence-electron chi connectivity index (χ4n) is 1.44. The predicted molar refractivity (Wildman–Crippen MR) is 44.4 cm³/mol. The molecule has 0 aromatic carbocycles. The summed E-state index contributed by atoms with van der Waals surface area (Å²) in [4.78, 5) is 12.4. The number of hydrogen-bond acceptors (Lipinski definition) is 2. The van der Waals surface area contributed by atoms with Crippen molar-refractivity contribution < 1.29 is 13.6 Å². The first kappa shape index (κ1) is 10.4. The van der Waals surface area contributed by atoms with Crippen LogP contribution < -0.4 is 5.73 Å². The molecule has 0 aromatic heterocycles. The number of carbonyl (C=O) groups is 1. The summed E-state index contributed by atoms with van der Waals surface area (Å²) >= 11 is 0. The maximum absolute atomic E-state index is 12.8. The van der Waals surface area contributed by atoms with E-state index in [1.54, 1.807) is 0 Å². The Balaban J connectivity index is 2.57. The topological polar surface area (TPSA) is 46.3 Å². The molecule has 5 heteroatoms. The second-order valence-electron chi connectivity index (χ2n) is 3.51. The van der Waals surface area contributed by atoms with E-state index >= 15 is 0 Å². The van der Waals surface area contributed by atoms with Crippen LogP contribution >= 0.6 is 0 Å². The summed E-state index contributed by atoms with van der Waals surface area (Å²) in [5.41, 5.74) is 5.32. The summed E-state index contributed by atoms with van der Waals surface area (Å²) < 4.78 is 25.7. The molecule has 1 saturated heterocycles. The number of nitrogens with zero attached hydrogens (tertiary/aromatic N) is 1. The van der Waals surface area contributed by atoms with Gasteiger partial charge >= 0.3 is 0 Å². The maximum Gasteiger partial charge on any atom is 0.265 e. The van der Waals surface area contributed by atoms with Crippen molar-refractivity contribution in [3.8, 4) is 0 Å². The molecule has 0 radical (unpaired) electrons. The van der Waals surface area contributed by atoms with Crippen molar-refractivity contribution in [2.45, 2.75) is 31.7 Å². The molecule has 76 valence electrons. The molecule has 1 rings (SSSR count). The highest BCUT2D eigenvalue weighted by Gasteiger charge is 2.37. The molecule has 1 aliphatic heterocycles. The highest BCUT2D eigenvalue weighted by Crippen LogP contribution is 2.26. The van der Waals surface area contributed by atoms with Gasteiger partial charge in [0.1, 0.15) is 0 Å². The number of nitrogens with two attached hydrogens (primary N) is 1. The monoisotopic (exact) mass is 192 g/mol.